The van der Waals surface area contributed by atoms with Crippen molar-refractivity contribution in [3.63, 3.8) is 0 Å². The summed E-state index contributed by atoms with van der Waals surface area (Å²) in [6.45, 7) is 9.68. The molecule has 2 N–H and O–H groups in total. The Labute approximate surface area is 235 Å². The minimum absolute atomic E-state index is 0.0805. The zero-order valence-corrected chi connectivity index (χ0v) is 23.8. The fraction of sp³-hybridized carbons (Fsp3) is 0.630. The van der Waals surface area contributed by atoms with Gasteiger partial charge in [0.2, 0.25) is 0 Å². The Hall–Kier alpha value is -3.89. The van der Waals surface area contributed by atoms with Gasteiger partial charge in [0.15, 0.2) is 5.69 Å². The largest absolute Gasteiger partial charge is 0.444 e. The second kappa shape index (κ2) is 10.8. The van der Waals surface area contributed by atoms with Gasteiger partial charge >= 0.3 is 18.4 Å². The first-order valence-corrected chi connectivity index (χ1v) is 13.1. The Kier molecular flexibility index (Phi) is 8.36. The van der Waals surface area contributed by atoms with Gasteiger partial charge in [0.1, 0.15) is 28.3 Å². The Bertz CT molecular complexity index is 1210. The van der Waals surface area contributed by atoms with Crippen molar-refractivity contribution in [2.24, 2.45) is 0 Å². The van der Waals surface area contributed by atoms with Gasteiger partial charge in [0, 0.05) is 0 Å². The molecule has 0 radical (unpaired) electrons. The fourth-order valence-corrected chi connectivity index (χ4v) is 4.48. The molecule has 11 nitrogen and oxygen atoms in total. The van der Waals surface area contributed by atoms with Crippen molar-refractivity contribution in [1.82, 2.24) is 15.6 Å². The Morgan fingerprint density at radius 2 is 1.29 bits per heavy atom. The van der Waals surface area contributed by atoms with Crippen molar-refractivity contribution in [3.8, 4) is 6.07 Å². The Morgan fingerprint density at radius 3 is 1.59 bits per heavy atom. The van der Waals surface area contributed by atoms with Crippen LogP contribution in [0.1, 0.15) is 91.3 Å². The zero-order chi connectivity index (χ0) is 31.0. The first kappa shape index (κ1) is 31.6. The predicted octanol–water partition coefficient (Wildman–Crippen LogP) is 4.73. The molecule has 224 valence electrons. The lowest BCUT2D eigenvalue weighted by Gasteiger charge is -2.47. The van der Waals surface area contributed by atoms with Crippen molar-refractivity contribution in [2.75, 3.05) is 4.90 Å². The average molecular weight is 582 g/mol. The van der Waals surface area contributed by atoms with E-state index >= 15 is 0 Å². The number of anilines is 1. The van der Waals surface area contributed by atoms with Crippen LogP contribution < -0.4 is 15.5 Å². The van der Waals surface area contributed by atoms with Crippen molar-refractivity contribution in [2.45, 2.75) is 109 Å². The highest BCUT2D eigenvalue weighted by atomic mass is 19.4. The zero-order valence-electron chi connectivity index (χ0n) is 23.8. The number of ether oxygens (including phenoxy) is 2. The SMILES string of the molecule is CC(C)(C)OC(=O)NC1(C(=O)N(C(=O)C2(NC(=O)OC(C)(C)C)CCC2)c2cnc(C#N)c(C(F)(F)F)c2)CCC1. The van der Waals surface area contributed by atoms with E-state index in [1.165, 1.54) is 6.07 Å². The molecule has 0 saturated heterocycles. The van der Waals surface area contributed by atoms with Gasteiger partial charge in [-0.25, -0.2) is 19.5 Å². The smallest absolute Gasteiger partial charge is 0.419 e. The van der Waals surface area contributed by atoms with Gasteiger partial charge in [-0.2, -0.15) is 18.4 Å². The second-order valence-electron chi connectivity index (χ2n) is 12.3. The number of nitrogens with one attached hydrogen (secondary N) is 2. The lowest BCUT2D eigenvalue weighted by molar-refractivity contribution is -0.139. The van der Waals surface area contributed by atoms with Crippen LogP contribution in [0.4, 0.5) is 28.4 Å². The fourth-order valence-electron chi connectivity index (χ4n) is 4.48. The number of alkyl carbamates (subject to hydrolysis) is 2. The number of pyridine rings is 1. The number of imide groups is 1. The number of carbonyl (C=O) groups is 4. The second-order valence-corrected chi connectivity index (χ2v) is 12.3. The quantitative estimate of drug-likeness (QED) is 0.474. The highest BCUT2D eigenvalue weighted by Gasteiger charge is 2.56. The maximum absolute atomic E-state index is 14.1. The highest BCUT2D eigenvalue weighted by Crippen LogP contribution is 2.41. The number of amides is 4. The number of halogens is 3. The topological polar surface area (TPSA) is 151 Å². The lowest BCUT2D eigenvalue weighted by Crippen LogP contribution is -2.70. The van der Waals surface area contributed by atoms with Crippen LogP contribution in [-0.4, -0.2) is 51.3 Å². The number of aromatic nitrogens is 1. The summed E-state index contributed by atoms with van der Waals surface area (Å²) in [6.07, 6.45) is -4.84. The van der Waals surface area contributed by atoms with E-state index < -0.39 is 69.4 Å². The van der Waals surface area contributed by atoms with Crippen LogP contribution in [0.2, 0.25) is 0 Å². The van der Waals surface area contributed by atoms with E-state index in [1.54, 1.807) is 41.5 Å². The van der Waals surface area contributed by atoms with E-state index in [0.29, 0.717) is 23.8 Å². The molecule has 2 aliphatic rings. The molecule has 41 heavy (non-hydrogen) atoms. The summed E-state index contributed by atoms with van der Waals surface area (Å²) in [5.74, 6) is -2.03. The molecule has 2 saturated carbocycles. The summed E-state index contributed by atoms with van der Waals surface area (Å²) >= 11 is 0. The highest BCUT2D eigenvalue weighted by molar-refractivity contribution is 6.22. The third-order valence-electron chi connectivity index (χ3n) is 6.66. The van der Waals surface area contributed by atoms with Crippen molar-refractivity contribution in [3.05, 3.63) is 23.5 Å². The molecule has 14 heteroatoms. The van der Waals surface area contributed by atoms with E-state index in [2.05, 4.69) is 15.6 Å². The standard InChI is InChI=1S/C27H34F3N5O6/c1-23(2,3)40-21(38)33-25(9-7-10-25)19(36)35(16-13-17(27(28,29)30)18(14-31)32-15-16)20(37)26(11-8-12-26)34-22(39)41-24(4,5)6/h13,15H,7-12H2,1-6H3,(H,33,38)(H,34,39). The first-order chi connectivity index (χ1) is 18.7. The normalized spacial score (nSPS) is 17.6. The summed E-state index contributed by atoms with van der Waals surface area (Å²) in [5.41, 5.74) is -8.13. The predicted molar refractivity (Wildman–Crippen MR) is 138 cm³/mol. The van der Waals surface area contributed by atoms with Gasteiger partial charge in [-0.3, -0.25) is 9.59 Å². The number of nitrogens with zero attached hydrogens (tertiary/aromatic N) is 3. The molecule has 2 aliphatic carbocycles. The van der Waals surface area contributed by atoms with Crippen LogP contribution in [0, 0.1) is 11.3 Å². The Balaban J connectivity index is 2.10. The van der Waals surface area contributed by atoms with Crippen LogP contribution >= 0.6 is 0 Å². The van der Waals surface area contributed by atoms with E-state index in [1.807, 2.05) is 0 Å². The molecule has 3 rings (SSSR count). The molecule has 0 atom stereocenters. The van der Waals surface area contributed by atoms with Gasteiger partial charge in [-0.05, 0) is 86.1 Å². The van der Waals surface area contributed by atoms with Gasteiger partial charge in [-0.1, -0.05) is 0 Å². The van der Waals surface area contributed by atoms with Gasteiger partial charge in [-0.15, -0.1) is 0 Å². The number of hydrogen-bond acceptors (Lipinski definition) is 8. The van der Waals surface area contributed by atoms with Crippen molar-refractivity contribution < 1.29 is 41.8 Å². The minimum atomic E-state index is -5.03. The summed E-state index contributed by atoms with van der Waals surface area (Å²) in [6, 6.07) is 1.85. The molecular weight excluding hydrogens is 547 g/mol. The Morgan fingerprint density at radius 1 is 0.878 bits per heavy atom. The number of rotatable bonds is 5. The van der Waals surface area contributed by atoms with Gasteiger partial charge in [0.05, 0.1) is 17.4 Å². The molecule has 2 fully saturated rings. The van der Waals surface area contributed by atoms with Crippen LogP contribution in [0.5, 0.6) is 0 Å². The first-order valence-electron chi connectivity index (χ1n) is 13.1. The molecule has 0 aliphatic heterocycles. The van der Waals surface area contributed by atoms with Crippen LogP contribution in [-0.2, 0) is 25.2 Å². The van der Waals surface area contributed by atoms with Crippen LogP contribution in [0.25, 0.3) is 0 Å². The van der Waals surface area contributed by atoms with Crippen LogP contribution in [0.3, 0.4) is 0 Å². The summed E-state index contributed by atoms with van der Waals surface area (Å²) in [7, 11) is 0. The maximum atomic E-state index is 14.1. The maximum Gasteiger partial charge on any atom is 0.419 e. The average Bonchev–Trinajstić information content (AvgIpc) is 2.75. The van der Waals surface area contributed by atoms with Crippen molar-refractivity contribution in [1.29, 1.82) is 5.26 Å². The molecule has 1 aromatic heterocycles. The van der Waals surface area contributed by atoms with E-state index in [4.69, 9.17) is 9.47 Å². The molecule has 0 bridgehead atoms. The van der Waals surface area contributed by atoms with E-state index in [-0.39, 0.29) is 25.7 Å². The third-order valence-corrected chi connectivity index (χ3v) is 6.66. The van der Waals surface area contributed by atoms with Gasteiger partial charge < -0.3 is 20.1 Å². The lowest BCUT2D eigenvalue weighted by atomic mass is 9.73. The molecule has 4 amide bonds. The monoisotopic (exact) mass is 581 g/mol. The molecule has 0 aromatic carbocycles. The summed E-state index contributed by atoms with van der Waals surface area (Å²) in [4.78, 5) is 57.6. The summed E-state index contributed by atoms with van der Waals surface area (Å²) < 4.78 is 52.1. The number of carbonyl (C=O) groups excluding carboxylic acids is 4. The number of alkyl halides is 3. The van der Waals surface area contributed by atoms with Crippen molar-refractivity contribution >= 4 is 29.7 Å². The third kappa shape index (κ3) is 7.07. The molecule has 1 heterocycles. The van der Waals surface area contributed by atoms with E-state index in [9.17, 15) is 37.6 Å². The number of hydrogen-bond donors (Lipinski definition) is 2. The molecule has 1 aromatic rings. The summed E-state index contributed by atoms with van der Waals surface area (Å²) in [5, 5.41) is 14.2. The number of nitriles is 1. The minimum Gasteiger partial charge on any atom is -0.444 e. The molecule has 0 unspecified atom stereocenters. The van der Waals surface area contributed by atoms with E-state index in [0.717, 1.165) is 6.20 Å². The molecule has 0 spiro atoms. The molecular formula is C27H34F3N5O6. The van der Waals surface area contributed by atoms with Crippen LogP contribution in [0.15, 0.2) is 12.3 Å². The van der Waals surface area contributed by atoms with Gasteiger partial charge in [0.25, 0.3) is 11.8 Å².